The van der Waals surface area contributed by atoms with E-state index in [1.165, 1.54) is 23.6 Å². The Morgan fingerprint density at radius 1 is 1.37 bits per heavy atom. The van der Waals surface area contributed by atoms with E-state index >= 15 is 0 Å². The number of β-lactam (4-membered cyclic amide) rings is 1. The number of fused-ring (bicyclic) bond motifs is 2. The molecule has 0 radical (unpaired) electrons. The summed E-state index contributed by atoms with van der Waals surface area (Å²) in [4.78, 5) is 60.7. The molecule has 46 heavy (non-hydrogen) atoms. The first-order chi connectivity index (χ1) is 22.1. The SMILES string of the molecule is C[C@H](O/N=C(\C(=O)NC1C(=O)N2C(C=O)=C(C[n+]3cccc4c3cc(N)n4C3CCNCC3)CSC12)c1nc(N)sc1Cl)C(=O)O. The van der Waals surface area contributed by atoms with Gasteiger partial charge in [0.05, 0.1) is 11.8 Å². The summed E-state index contributed by atoms with van der Waals surface area (Å²) in [6.45, 7) is 3.44. The van der Waals surface area contributed by atoms with Gasteiger partial charge in [0.2, 0.25) is 11.6 Å². The molecule has 2 saturated heterocycles. The van der Waals surface area contributed by atoms with Gasteiger partial charge in [0.1, 0.15) is 32.8 Å². The number of nitrogens with one attached hydrogen (secondary N) is 2. The van der Waals surface area contributed by atoms with E-state index in [0.717, 1.165) is 53.9 Å². The number of aliphatic carboxylic acids is 1. The second-order valence-corrected chi connectivity index (χ2v) is 13.7. The highest BCUT2D eigenvalue weighted by Crippen LogP contribution is 2.40. The van der Waals surface area contributed by atoms with Gasteiger partial charge in [-0.3, -0.25) is 19.3 Å². The van der Waals surface area contributed by atoms with Crippen molar-refractivity contribution >= 4 is 86.5 Å². The lowest BCUT2D eigenvalue weighted by atomic mass is 10.0. The number of aromatic nitrogens is 3. The second-order valence-electron chi connectivity index (χ2n) is 11.0. The van der Waals surface area contributed by atoms with Gasteiger partial charge in [-0.2, -0.15) is 4.57 Å². The number of carbonyl (C=O) groups excluding carboxylic acids is 3. The van der Waals surface area contributed by atoms with Gasteiger partial charge >= 0.3 is 5.97 Å². The minimum absolute atomic E-state index is 0.0303. The average Bonchev–Trinajstić information content (AvgIpc) is 3.56. The molecule has 2 fully saturated rings. The number of nitrogens with zero attached hydrogens (tertiary/aromatic N) is 5. The number of thioether (sulfide) groups is 1. The summed E-state index contributed by atoms with van der Waals surface area (Å²) in [5.41, 5.74) is 14.6. The molecule has 3 aliphatic rings. The molecule has 0 aromatic carbocycles. The summed E-state index contributed by atoms with van der Waals surface area (Å²) in [5, 5.41) is 18.3. The lowest BCUT2D eigenvalue weighted by molar-refractivity contribution is -0.663. The molecule has 6 heterocycles. The number of allylic oxidation sites excluding steroid dienone is 1. The van der Waals surface area contributed by atoms with Crippen molar-refractivity contribution in [3.63, 3.8) is 0 Å². The van der Waals surface area contributed by atoms with Gasteiger partial charge in [0, 0.05) is 23.4 Å². The van der Waals surface area contributed by atoms with E-state index < -0.39 is 41.0 Å². The van der Waals surface area contributed by atoms with Crippen LogP contribution in [0, 0.1) is 0 Å². The number of pyridine rings is 1. The lowest BCUT2D eigenvalue weighted by Crippen LogP contribution is -2.70. The molecule has 3 atom stereocenters. The van der Waals surface area contributed by atoms with Crippen molar-refractivity contribution in [3.05, 3.63) is 45.7 Å². The molecule has 242 valence electrons. The number of thiazole rings is 1. The average molecular weight is 689 g/mol. The van der Waals surface area contributed by atoms with Gasteiger partial charge in [0.25, 0.3) is 11.8 Å². The Morgan fingerprint density at radius 3 is 2.80 bits per heavy atom. The third-order valence-electron chi connectivity index (χ3n) is 8.13. The van der Waals surface area contributed by atoms with Gasteiger partial charge in [-0.25, -0.2) is 9.78 Å². The normalized spacial score (nSPS) is 21.1. The predicted molar refractivity (Wildman–Crippen MR) is 172 cm³/mol. The fraction of sp³-hybridized carbons (Fsp3) is 0.393. The number of aldehydes is 1. The Hall–Kier alpha value is -4.19. The van der Waals surface area contributed by atoms with Crippen LogP contribution in [0.25, 0.3) is 11.0 Å². The first kappa shape index (κ1) is 31.8. The smallest absolute Gasteiger partial charge is 0.347 e. The maximum Gasteiger partial charge on any atom is 0.347 e. The number of amides is 2. The van der Waals surface area contributed by atoms with Crippen LogP contribution in [0.5, 0.6) is 0 Å². The molecule has 15 nitrogen and oxygen atoms in total. The number of halogens is 1. The molecule has 0 saturated carbocycles. The van der Waals surface area contributed by atoms with Crippen molar-refractivity contribution in [2.24, 2.45) is 5.16 Å². The molecule has 0 spiro atoms. The number of carbonyl (C=O) groups is 4. The molecule has 7 N–H and O–H groups in total. The molecule has 3 aromatic heterocycles. The predicted octanol–water partition coefficient (Wildman–Crippen LogP) is 0.875. The third kappa shape index (κ3) is 5.78. The molecule has 3 aliphatic heterocycles. The Balaban J connectivity index is 1.22. The van der Waals surface area contributed by atoms with Gasteiger partial charge in [0.15, 0.2) is 29.9 Å². The highest BCUT2D eigenvalue weighted by Gasteiger charge is 2.53. The summed E-state index contributed by atoms with van der Waals surface area (Å²) >= 11 is 8.49. The summed E-state index contributed by atoms with van der Waals surface area (Å²) in [5.74, 6) is -1.57. The molecule has 2 unspecified atom stereocenters. The Bertz CT molecular complexity index is 1800. The third-order valence-corrected chi connectivity index (χ3v) is 10.6. The number of carboxylic acid groups (broad SMARTS) is 1. The number of nitrogens with two attached hydrogens (primary N) is 2. The number of oxime groups is 1. The number of nitrogen functional groups attached to an aromatic ring is 2. The van der Waals surface area contributed by atoms with Crippen molar-refractivity contribution < 1.29 is 33.7 Å². The maximum absolute atomic E-state index is 13.4. The van der Waals surface area contributed by atoms with E-state index in [0.29, 0.717) is 24.4 Å². The van der Waals surface area contributed by atoms with Crippen molar-refractivity contribution in [2.75, 3.05) is 30.3 Å². The van der Waals surface area contributed by atoms with Crippen LogP contribution < -0.4 is 26.7 Å². The standard InChI is InChI=1S/C28H30ClN9O6S2/c1-13(27(42)43)44-35-21(20-23(29)46-28(31)34-20)24(40)33-22-25(41)38-18(11-39)14(12-45-26(22)38)10-36-8-2-3-16-17(36)9-19(30)37(16)15-4-6-32-7-5-15/h2-3,8-9,11,13,15,22,26,30,32H,4-7,10,12H2,1H3,(H4,31,33,34,40,42,43)/p+1/b35-21-/t13-,22?,26?/m0/s1. The zero-order valence-electron chi connectivity index (χ0n) is 24.5. The molecular weight excluding hydrogens is 658 g/mol. The van der Waals surface area contributed by atoms with Gasteiger partial charge < -0.3 is 36.6 Å². The molecule has 0 aliphatic carbocycles. The first-order valence-corrected chi connectivity index (χ1v) is 16.6. The van der Waals surface area contributed by atoms with E-state index in [4.69, 9.17) is 33.0 Å². The van der Waals surface area contributed by atoms with Crippen LogP contribution in [-0.4, -0.2) is 85.7 Å². The van der Waals surface area contributed by atoms with Gasteiger partial charge in [-0.1, -0.05) is 28.1 Å². The van der Waals surface area contributed by atoms with E-state index in [1.54, 1.807) is 0 Å². The fourth-order valence-corrected chi connectivity index (χ4v) is 8.12. The first-order valence-electron chi connectivity index (χ1n) is 14.4. The summed E-state index contributed by atoms with van der Waals surface area (Å²) in [7, 11) is 0. The lowest BCUT2D eigenvalue weighted by Gasteiger charge is -2.49. The van der Waals surface area contributed by atoms with Crippen LogP contribution in [0.2, 0.25) is 4.34 Å². The van der Waals surface area contributed by atoms with Crippen LogP contribution >= 0.6 is 34.7 Å². The number of rotatable bonds is 10. The van der Waals surface area contributed by atoms with Gasteiger partial charge in [-0.15, -0.1) is 11.8 Å². The van der Waals surface area contributed by atoms with E-state index in [9.17, 15) is 19.2 Å². The molecule has 6 rings (SSSR count). The molecule has 2 amide bonds. The quantitative estimate of drug-likeness (QED) is 0.0663. The Morgan fingerprint density at radius 2 is 2.13 bits per heavy atom. The summed E-state index contributed by atoms with van der Waals surface area (Å²) < 4.78 is 4.23. The molecule has 3 aromatic rings. The van der Waals surface area contributed by atoms with E-state index in [-0.39, 0.29) is 26.9 Å². The van der Waals surface area contributed by atoms with Crippen LogP contribution in [0.4, 0.5) is 10.9 Å². The zero-order chi connectivity index (χ0) is 32.7. The monoisotopic (exact) mass is 688 g/mol. The second kappa shape index (κ2) is 12.9. The van der Waals surface area contributed by atoms with Crippen LogP contribution in [-0.2, 0) is 30.6 Å². The van der Waals surface area contributed by atoms with Crippen molar-refractivity contribution in [3.8, 4) is 0 Å². The Labute approximate surface area is 275 Å². The van der Waals surface area contributed by atoms with Crippen LogP contribution in [0.1, 0.15) is 31.5 Å². The van der Waals surface area contributed by atoms with Crippen LogP contribution in [0.15, 0.2) is 40.8 Å². The number of hydrogen-bond acceptors (Lipinski definition) is 12. The van der Waals surface area contributed by atoms with E-state index in [2.05, 4.69) is 25.3 Å². The van der Waals surface area contributed by atoms with E-state index in [1.807, 2.05) is 29.0 Å². The zero-order valence-corrected chi connectivity index (χ0v) is 26.9. The highest BCUT2D eigenvalue weighted by atomic mass is 35.5. The number of anilines is 2. The van der Waals surface area contributed by atoms with Gasteiger partial charge in [-0.05, 0) is 38.9 Å². The number of piperidine rings is 1. The minimum atomic E-state index is -1.38. The Kier molecular flexibility index (Phi) is 8.91. The number of hydrogen-bond donors (Lipinski definition) is 5. The topological polar surface area (TPSA) is 211 Å². The molecular formula is C28H31ClN9O6S2+. The largest absolute Gasteiger partial charge is 0.478 e. The summed E-state index contributed by atoms with van der Waals surface area (Å²) in [6.07, 6.45) is 3.16. The van der Waals surface area contributed by atoms with Crippen molar-refractivity contribution in [2.45, 2.75) is 49.9 Å². The minimum Gasteiger partial charge on any atom is -0.478 e. The fourth-order valence-electron chi connectivity index (χ4n) is 5.84. The maximum atomic E-state index is 13.4. The van der Waals surface area contributed by atoms with Crippen molar-refractivity contribution in [1.82, 2.24) is 25.1 Å². The number of carboxylic acids is 1. The summed E-state index contributed by atoms with van der Waals surface area (Å²) in [6, 6.07) is 5.22. The molecule has 18 heteroatoms. The molecule has 0 bridgehead atoms. The van der Waals surface area contributed by atoms with Crippen molar-refractivity contribution in [1.29, 1.82) is 0 Å². The highest BCUT2D eigenvalue weighted by molar-refractivity contribution is 8.00. The van der Waals surface area contributed by atoms with Crippen LogP contribution in [0.3, 0.4) is 0 Å².